The monoisotopic (exact) mass is 394 g/mol. The Labute approximate surface area is 157 Å². The second kappa shape index (κ2) is 7.06. The molecule has 1 N–H and O–H groups in total. The average Bonchev–Trinajstić information content (AvgIpc) is 3.40. The van der Waals surface area contributed by atoms with Gasteiger partial charge in [0, 0.05) is 42.5 Å². The van der Waals surface area contributed by atoms with E-state index in [4.69, 9.17) is 4.74 Å². The van der Waals surface area contributed by atoms with Gasteiger partial charge in [0.2, 0.25) is 0 Å². The Morgan fingerprint density at radius 3 is 3.00 bits per heavy atom. The first-order valence-corrected chi connectivity index (χ1v) is 9.10. The summed E-state index contributed by atoms with van der Waals surface area (Å²) in [6.45, 7) is -1.99. The third-order valence-corrected chi connectivity index (χ3v) is 5.11. The number of rotatable bonds is 4. The third-order valence-electron chi connectivity index (χ3n) is 4.34. The molecule has 4 rings (SSSR count). The molecule has 2 aromatic heterocycles. The van der Waals surface area contributed by atoms with E-state index < -0.39 is 12.6 Å². The number of halogens is 2. The first kappa shape index (κ1) is 17.6. The summed E-state index contributed by atoms with van der Waals surface area (Å²) < 4.78 is 31.8. The van der Waals surface area contributed by atoms with Crippen molar-refractivity contribution in [2.75, 3.05) is 20.1 Å². The van der Waals surface area contributed by atoms with Crippen LogP contribution in [0.4, 0.5) is 13.6 Å². The smallest absolute Gasteiger partial charge is 0.407 e. The first-order valence-electron chi connectivity index (χ1n) is 8.22. The summed E-state index contributed by atoms with van der Waals surface area (Å²) in [5, 5.41) is 9.01. The largest absolute Gasteiger partial charge is 0.444 e. The summed E-state index contributed by atoms with van der Waals surface area (Å²) in [4.78, 5) is 22.5. The van der Waals surface area contributed by atoms with Gasteiger partial charge in [-0.1, -0.05) is 0 Å². The molecule has 0 aromatic carbocycles. The molecule has 2 aromatic rings. The van der Waals surface area contributed by atoms with Crippen molar-refractivity contribution < 1.29 is 18.3 Å². The van der Waals surface area contributed by atoms with Crippen molar-refractivity contribution in [2.45, 2.75) is 19.1 Å². The number of nitrogens with zero attached hydrogens (tertiary/aromatic N) is 5. The Bertz CT molecular complexity index is 908. The predicted molar refractivity (Wildman–Crippen MR) is 94.6 cm³/mol. The molecule has 0 aliphatic carbocycles. The zero-order valence-electron chi connectivity index (χ0n) is 14.3. The number of nitrogens with one attached hydrogen (secondary N) is 1. The van der Waals surface area contributed by atoms with Crippen LogP contribution in [0.25, 0.3) is 5.57 Å². The second-order valence-corrected chi connectivity index (χ2v) is 6.85. The van der Waals surface area contributed by atoms with Crippen molar-refractivity contribution in [3.05, 3.63) is 40.2 Å². The minimum atomic E-state index is -2.70. The average molecular weight is 394 g/mol. The highest BCUT2D eigenvalue weighted by Gasteiger charge is 2.38. The highest BCUT2D eigenvalue weighted by molar-refractivity contribution is 7.11. The fraction of sp³-hybridized carbons (Fsp3) is 0.375. The second-order valence-electron chi connectivity index (χ2n) is 5.95. The molecule has 1 amide bonds. The van der Waals surface area contributed by atoms with Gasteiger partial charge < -0.3 is 15.0 Å². The fourth-order valence-corrected chi connectivity index (χ4v) is 3.83. The topological polar surface area (TPSA) is 84.6 Å². The highest BCUT2D eigenvalue weighted by atomic mass is 32.1. The van der Waals surface area contributed by atoms with Gasteiger partial charge in [0.15, 0.2) is 10.8 Å². The lowest BCUT2D eigenvalue weighted by atomic mass is 10.1. The Morgan fingerprint density at radius 2 is 2.33 bits per heavy atom. The summed E-state index contributed by atoms with van der Waals surface area (Å²) in [6, 6.07) is 1.55. The van der Waals surface area contributed by atoms with Gasteiger partial charge >= 0.3 is 12.6 Å². The van der Waals surface area contributed by atoms with Crippen molar-refractivity contribution >= 4 is 28.8 Å². The summed E-state index contributed by atoms with van der Waals surface area (Å²) in [6.07, 6.45) is 2.49. The van der Waals surface area contributed by atoms with Crippen LogP contribution in [-0.2, 0) is 4.74 Å². The summed E-state index contributed by atoms with van der Waals surface area (Å²) in [5.41, 5.74) is 2.05. The minimum Gasteiger partial charge on any atom is -0.444 e. The Hall–Kier alpha value is -2.82. The number of amidine groups is 1. The van der Waals surface area contributed by atoms with Crippen molar-refractivity contribution in [3.8, 4) is 0 Å². The minimum absolute atomic E-state index is 0.299. The molecule has 27 heavy (non-hydrogen) atoms. The van der Waals surface area contributed by atoms with Gasteiger partial charge in [0.1, 0.15) is 6.10 Å². The van der Waals surface area contributed by atoms with Gasteiger partial charge in [-0.2, -0.15) is 13.9 Å². The lowest BCUT2D eigenvalue weighted by molar-refractivity contribution is 0.0564. The number of alkyl carbamates (subject to hydrolysis) is 1. The Kier molecular flexibility index (Phi) is 4.60. The maximum Gasteiger partial charge on any atom is 0.407 e. The quantitative estimate of drug-likeness (QED) is 0.861. The molecular weight excluding hydrogens is 378 g/mol. The number of carbonyl (C=O) groups is 1. The molecule has 2 aliphatic rings. The Balaban J connectivity index is 1.69. The lowest BCUT2D eigenvalue weighted by Gasteiger charge is -2.26. The van der Waals surface area contributed by atoms with Crippen molar-refractivity contribution in [2.24, 2.45) is 4.99 Å². The van der Waals surface area contributed by atoms with E-state index in [1.54, 1.807) is 12.3 Å². The van der Waals surface area contributed by atoms with Gasteiger partial charge in [-0.05, 0) is 6.07 Å². The van der Waals surface area contributed by atoms with Crippen molar-refractivity contribution in [3.63, 3.8) is 0 Å². The molecular formula is C16H16F2N6O2S. The number of amides is 1. The van der Waals surface area contributed by atoms with Gasteiger partial charge in [0.25, 0.3) is 0 Å². The predicted octanol–water partition coefficient (Wildman–Crippen LogP) is 2.34. The zero-order chi connectivity index (χ0) is 19.0. The number of thiazole rings is 1. The molecule has 1 fully saturated rings. The summed E-state index contributed by atoms with van der Waals surface area (Å²) in [5.74, 6) is 0.694. The van der Waals surface area contributed by atoms with E-state index in [9.17, 15) is 13.6 Å². The lowest BCUT2D eigenvalue weighted by Crippen LogP contribution is -2.34. The molecule has 11 heteroatoms. The maximum atomic E-state index is 12.9. The number of carbonyl (C=O) groups excluding carboxylic acids is 1. The van der Waals surface area contributed by atoms with Crippen LogP contribution in [0.2, 0.25) is 0 Å². The number of aliphatic imine (C=N–C) groups is 1. The van der Waals surface area contributed by atoms with Gasteiger partial charge in [-0.25, -0.2) is 14.5 Å². The van der Waals surface area contributed by atoms with Crippen LogP contribution in [0.3, 0.4) is 0 Å². The van der Waals surface area contributed by atoms with Crippen LogP contribution in [-0.4, -0.2) is 57.8 Å². The standard InChI is InChI=1S/C16H16F2N6O2S/c1-19-16(25)26-9-6-12-10(11-2-4-24(22-11)15(17)18)7-21-13(23(12)8-9)14-20-3-5-27-14/h2-5,9,15H,6-8H2,1H3,(H,19,25). The zero-order valence-corrected chi connectivity index (χ0v) is 15.1. The van der Waals surface area contributed by atoms with Crippen LogP contribution in [0, 0.1) is 0 Å². The number of hydrogen-bond acceptors (Lipinski definition) is 7. The number of fused-ring (bicyclic) bond motifs is 1. The molecule has 0 saturated carbocycles. The van der Waals surface area contributed by atoms with Crippen LogP contribution in [0.5, 0.6) is 0 Å². The van der Waals surface area contributed by atoms with Gasteiger partial charge in [-0.3, -0.25) is 4.99 Å². The van der Waals surface area contributed by atoms with E-state index in [0.717, 1.165) is 16.3 Å². The van der Waals surface area contributed by atoms with E-state index >= 15 is 0 Å². The molecule has 4 heterocycles. The van der Waals surface area contributed by atoms with Crippen LogP contribution in [0.1, 0.15) is 23.7 Å². The highest BCUT2D eigenvalue weighted by Crippen LogP contribution is 2.36. The maximum absolute atomic E-state index is 12.9. The van der Waals surface area contributed by atoms with E-state index in [2.05, 4.69) is 20.4 Å². The van der Waals surface area contributed by atoms with Gasteiger partial charge in [0.05, 0.1) is 18.8 Å². The number of alkyl halides is 2. The fourth-order valence-electron chi connectivity index (χ4n) is 3.18. The van der Waals surface area contributed by atoms with Crippen LogP contribution >= 0.6 is 11.3 Å². The van der Waals surface area contributed by atoms with Crippen molar-refractivity contribution in [1.29, 1.82) is 0 Å². The van der Waals surface area contributed by atoms with E-state index in [0.29, 0.717) is 35.7 Å². The van der Waals surface area contributed by atoms with Crippen LogP contribution in [0.15, 0.2) is 34.5 Å². The molecule has 0 bridgehead atoms. The first-order chi connectivity index (χ1) is 13.1. The normalized spacial score (nSPS) is 19.3. The third kappa shape index (κ3) is 3.29. The SMILES string of the molecule is CNC(=O)OC1CC2=C(c3ccn(C(F)F)n3)CN=C(c3nccs3)N2C1. The van der Waals surface area contributed by atoms with E-state index in [-0.39, 0.29) is 6.10 Å². The number of aromatic nitrogens is 3. The molecule has 1 saturated heterocycles. The van der Waals surface area contributed by atoms with Crippen molar-refractivity contribution in [1.82, 2.24) is 25.0 Å². The summed E-state index contributed by atoms with van der Waals surface area (Å²) >= 11 is 1.46. The molecule has 0 spiro atoms. The van der Waals surface area contributed by atoms with Crippen LogP contribution < -0.4 is 5.32 Å². The van der Waals surface area contributed by atoms with E-state index in [1.165, 1.54) is 24.6 Å². The number of hydrogen-bond donors (Lipinski definition) is 1. The number of ether oxygens (including phenoxy) is 1. The summed E-state index contributed by atoms with van der Waals surface area (Å²) in [7, 11) is 1.49. The Morgan fingerprint density at radius 1 is 1.48 bits per heavy atom. The molecule has 2 aliphatic heterocycles. The molecule has 0 radical (unpaired) electrons. The van der Waals surface area contributed by atoms with E-state index in [1.807, 2.05) is 10.3 Å². The molecule has 1 atom stereocenters. The van der Waals surface area contributed by atoms with Gasteiger partial charge in [-0.15, -0.1) is 11.3 Å². The molecule has 142 valence electrons. The molecule has 1 unspecified atom stereocenters. The molecule has 8 nitrogen and oxygen atoms in total.